The molecule has 4 rings (SSSR count). The Balaban J connectivity index is 1.63. The molecule has 1 fully saturated rings. The number of nitrogens with two attached hydrogens (primary N) is 1. The molecule has 0 aromatic heterocycles. The molecular weight excluding hydrogens is 877 g/mol. The molecule has 14 nitrogen and oxygen atoms in total. The van der Waals surface area contributed by atoms with Crippen molar-refractivity contribution in [1.29, 1.82) is 0 Å². The van der Waals surface area contributed by atoms with Gasteiger partial charge in [-0.3, -0.25) is 33.6 Å². The van der Waals surface area contributed by atoms with Gasteiger partial charge in [-0.1, -0.05) is 104 Å². The SMILES string of the molecule is CCCCCCCCCCCCCC(=O)C[C@@H](CCCCN)C(=O)N(C)[C@@H]1C(=O)C[C@@H](C)C(=O)N[C@H](C(=O)C[C@@H](C)C(=O)N2CCC[C@H]2C(C)=O)Cc2ccc(O)c(c2)-c2cc1ccc2OCCO. The summed E-state index contributed by atoms with van der Waals surface area (Å²) in [6.07, 6.45) is 15.6. The number of carbonyl (C=O) groups is 7. The molecule has 2 heterocycles. The van der Waals surface area contributed by atoms with E-state index < -0.39 is 53.4 Å². The molecule has 0 unspecified atom stereocenters. The molecular formula is C55H82N4O10. The number of aliphatic hydroxyl groups excluding tert-OH is 1. The molecule has 0 aliphatic carbocycles. The Morgan fingerprint density at radius 3 is 2.22 bits per heavy atom. The number of carbonyl (C=O) groups excluding carboxylic acids is 7. The van der Waals surface area contributed by atoms with E-state index in [0.717, 1.165) is 25.7 Å². The van der Waals surface area contributed by atoms with E-state index in [9.17, 15) is 43.8 Å². The van der Waals surface area contributed by atoms with Crippen molar-refractivity contribution in [3.05, 3.63) is 47.5 Å². The Hall–Kier alpha value is -4.95. The summed E-state index contributed by atoms with van der Waals surface area (Å²) in [5.74, 6) is -4.56. The van der Waals surface area contributed by atoms with Crippen molar-refractivity contribution in [2.45, 2.75) is 181 Å². The highest BCUT2D eigenvalue weighted by Crippen LogP contribution is 2.40. The molecule has 2 aliphatic heterocycles. The quantitative estimate of drug-likeness (QED) is 0.0598. The van der Waals surface area contributed by atoms with Crippen molar-refractivity contribution in [3.8, 4) is 22.6 Å². The monoisotopic (exact) mass is 959 g/mol. The van der Waals surface area contributed by atoms with Crippen molar-refractivity contribution in [2.24, 2.45) is 23.5 Å². The number of aromatic hydroxyl groups is 1. The number of aliphatic hydroxyl groups is 1. The maximum absolute atomic E-state index is 14.8. The van der Waals surface area contributed by atoms with Gasteiger partial charge in [0.15, 0.2) is 17.3 Å². The molecule has 5 N–H and O–H groups in total. The summed E-state index contributed by atoms with van der Waals surface area (Å²) < 4.78 is 5.95. The van der Waals surface area contributed by atoms with Gasteiger partial charge in [0.05, 0.1) is 18.7 Å². The number of nitrogens with one attached hydrogen (secondary N) is 1. The number of phenols is 1. The number of amides is 3. The predicted octanol–water partition coefficient (Wildman–Crippen LogP) is 8.15. The second-order valence-corrected chi connectivity index (χ2v) is 19.7. The first-order valence-corrected chi connectivity index (χ1v) is 26.0. The average Bonchev–Trinajstić information content (AvgIpc) is 3.83. The van der Waals surface area contributed by atoms with Crippen molar-refractivity contribution in [3.63, 3.8) is 0 Å². The van der Waals surface area contributed by atoms with E-state index >= 15 is 0 Å². The molecule has 6 atom stereocenters. The summed E-state index contributed by atoms with van der Waals surface area (Å²) >= 11 is 0. The Bertz CT molecular complexity index is 2040. The van der Waals surface area contributed by atoms with Crippen LogP contribution < -0.4 is 15.8 Å². The van der Waals surface area contributed by atoms with Gasteiger partial charge in [-0.05, 0) is 87.4 Å². The highest BCUT2D eigenvalue weighted by Gasteiger charge is 2.38. The summed E-state index contributed by atoms with van der Waals surface area (Å²) in [6, 6.07) is 6.82. The fourth-order valence-electron chi connectivity index (χ4n) is 9.96. The number of fused-ring (bicyclic) bond motifs is 5. The van der Waals surface area contributed by atoms with Crippen molar-refractivity contribution >= 4 is 40.9 Å². The topological polar surface area (TPSA) is 214 Å². The van der Waals surface area contributed by atoms with Crippen LogP contribution in [0, 0.1) is 17.8 Å². The van der Waals surface area contributed by atoms with E-state index in [2.05, 4.69) is 12.2 Å². The molecule has 2 aromatic carbocycles. The van der Waals surface area contributed by atoms with Crippen LogP contribution in [0.15, 0.2) is 36.4 Å². The molecule has 2 aromatic rings. The van der Waals surface area contributed by atoms with Gasteiger partial charge in [-0.2, -0.15) is 0 Å². The van der Waals surface area contributed by atoms with E-state index in [1.54, 1.807) is 44.2 Å². The van der Waals surface area contributed by atoms with Crippen LogP contribution in [0.5, 0.6) is 11.5 Å². The third-order valence-electron chi connectivity index (χ3n) is 14.0. The molecule has 14 heteroatoms. The summed E-state index contributed by atoms with van der Waals surface area (Å²) in [6.45, 7) is 7.36. The number of rotatable bonds is 28. The number of ketones is 4. The van der Waals surface area contributed by atoms with E-state index in [1.807, 2.05) is 0 Å². The number of ether oxygens (including phenoxy) is 1. The number of benzene rings is 2. The second kappa shape index (κ2) is 29.3. The lowest BCUT2D eigenvalue weighted by Crippen LogP contribution is -2.47. The van der Waals surface area contributed by atoms with Crippen LogP contribution in [0.25, 0.3) is 11.1 Å². The van der Waals surface area contributed by atoms with Gasteiger partial charge in [0, 0.05) is 68.2 Å². The zero-order valence-corrected chi connectivity index (χ0v) is 42.2. The normalized spacial score (nSPS) is 19.3. The number of Topliss-reactive ketones (excluding diaryl/α,β-unsaturated/α-hetero) is 4. The van der Waals surface area contributed by atoms with Crippen LogP contribution in [0.4, 0.5) is 0 Å². The maximum atomic E-state index is 14.8. The van der Waals surface area contributed by atoms with Crippen molar-refractivity contribution < 1.29 is 48.5 Å². The van der Waals surface area contributed by atoms with Crippen LogP contribution in [0.3, 0.4) is 0 Å². The number of hydrogen-bond acceptors (Lipinski definition) is 11. The number of likely N-dealkylation sites (tertiary alicyclic amines) is 1. The first-order chi connectivity index (χ1) is 33.1. The fraction of sp³-hybridized carbons (Fsp3) is 0.655. The van der Waals surface area contributed by atoms with E-state index in [4.69, 9.17) is 10.5 Å². The Kier molecular flexibility index (Phi) is 24.0. The number of unbranched alkanes of at least 4 members (excludes halogenated alkanes) is 11. The van der Waals surface area contributed by atoms with Gasteiger partial charge in [0.2, 0.25) is 17.7 Å². The lowest BCUT2D eigenvalue weighted by atomic mass is 9.87. The third kappa shape index (κ3) is 17.2. The fourth-order valence-corrected chi connectivity index (χ4v) is 9.96. The van der Waals surface area contributed by atoms with Crippen LogP contribution in [0.2, 0.25) is 0 Å². The van der Waals surface area contributed by atoms with Gasteiger partial charge in [-0.25, -0.2) is 0 Å². The first kappa shape index (κ1) is 56.6. The Labute approximate surface area is 410 Å². The summed E-state index contributed by atoms with van der Waals surface area (Å²) in [7, 11) is 1.54. The van der Waals surface area contributed by atoms with E-state index in [0.29, 0.717) is 68.3 Å². The van der Waals surface area contributed by atoms with Crippen LogP contribution >= 0.6 is 0 Å². The summed E-state index contributed by atoms with van der Waals surface area (Å²) in [5, 5.41) is 24.0. The molecule has 1 saturated heterocycles. The Morgan fingerprint density at radius 1 is 0.884 bits per heavy atom. The van der Waals surface area contributed by atoms with Crippen LogP contribution in [-0.2, 0) is 40.0 Å². The van der Waals surface area contributed by atoms with Gasteiger partial charge >= 0.3 is 0 Å². The molecule has 3 amide bonds. The van der Waals surface area contributed by atoms with Gasteiger partial charge in [-0.15, -0.1) is 0 Å². The van der Waals surface area contributed by atoms with Gasteiger partial charge in [0.25, 0.3) is 0 Å². The van der Waals surface area contributed by atoms with Gasteiger partial charge < -0.3 is 35.8 Å². The smallest absolute Gasteiger partial charge is 0.226 e. The zero-order valence-electron chi connectivity index (χ0n) is 42.2. The molecule has 69 heavy (non-hydrogen) atoms. The highest BCUT2D eigenvalue weighted by atomic mass is 16.5. The number of hydrogen-bond donors (Lipinski definition) is 4. The zero-order chi connectivity index (χ0) is 50.5. The molecule has 2 aliphatic rings. The van der Waals surface area contributed by atoms with E-state index in [-0.39, 0.29) is 79.3 Å². The Morgan fingerprint density at radius 2 is 1.57 bits per heavy atom. The molecule has 4 bridgehead atoms. The minimum Gasteiger partial charge on any atom is -0.507 e. The number of phenolic OH excluding ortho intramolecular Hbond substituents is 1. The summed E-state index contributed by atoms with van der Waals surface area (Å²) in [5.41, 5.74) is 7.45. The average molecular weight is 959 g/mol. The molecule has 382 valence electrons. The van der Waals surface area contributed by atoms with Crippen molar-refractivity contribution in [2.75, 3.05) is 33.4 Å². The third-order valence-corrected chi connectivity index (χ3v) is 14.0. The van der Waals surface area contributed by atoms with Crippen LogP contribution in [-0.4, -0.2) is 106 Å². The largest absolute Gasteiger partial charge is 0.507 e. The summed E-state index contributed by atoms with van der Waals surface area (Å²) in [4.78, 5) is 100. The minimum absolute atomic E-state index is 0.00441. The molecule has 0 radical (unpaired) electrons. The molecule has 0 spiro atoms. The van der Waals surface area contributed by atoms with Gasteiger partial charge in [0.1, 0.15) is 29.9 Å². The second-order valence-electron chi connectivity index (χ2n) is 19.7. The van der Waals surface area contributed by atoms with E-state index in [1.165, 1.54) is 74.8 Å². The lowest BCUT2D eigenvalue weighted by Gasteiger charge is -2.32. The minimum atomic E-state index is -1.22. The predicted molar refractivity (Wildman–Crippen MR) is 267 cm³/mol. The van der Waals surface area contributed by atoms with Crippen molar-refractivity contribution in [1.82, 2.24) is 15.1 Å². The highest BCUT2D eigenvalue weighted by molar-refractivity contribution is 5.97. The lowest BCUT2D eigenvalue weighted by molar-refractivity contribution is -0.144. The molecule has 0 saturated carbocycles. The standard InChI is InChI=1S/C55H82N4O10/c1-6-7-8-9-10-11-12-13-14-15-16-21-43(62)35-42(20-17-18-27-56)55(68)58(5)52-41-24-26-51(69-30-29-60)45(36-41)44-33-40(23-25-48(44)63)34-46(57-53(66)37(2)31-50(52)65)49(64)32-38(3)54(67)59-28-19-22-47(59)39(4)61/h23-26,33,36-38,42,46-47,52,60,63H,6-22,27-32,34-35,56H2,1-5H3,(H,57,66)/t37-,38-,42-,46+,47+,52+/m1/s1. The number of likely N-dealkylation sites (N-methyl/N-ethyl adjacent to an activating group) is 1. The first-order valence-electron chi connectivity index (χ1n) is 26.0. The van der Waals surface area contributed by atoms with Crippen LogP contribution in [0.1, 0.15) is 173 Å². The maximum Gasteiger partial charge on any atom is 0.226 e. The number of nitrogens with zero attached hydrogens (tertiary/aromatic N) is 2.